The quantitative estimate of drug-likeness (QED) is 0.686. The van der Waals surface area contributed by atoms with Gasteiger partial charge in [0.1, 0.15) is 11.6 Å². The summed E-state index contributed by atoms with van der Waals surface area (Å²) in [4.78, 5) is 20.4. The molecule has 3 aromatic rings. The van der Waals surface area contributed by atoms with Crippen LogP contribution in [0.1, 0.15) is 42.0 Å². The van der Waals surface area contributed by atoms with Gasteiger partial charge in [0.2, 0.25) is 0 Å². The van der Waals surface area contributed by atoms with Gasteiger partial charge < -0.3 is 4.98 Å². The fraction of sp³-hybridized carbons (Fsp3) is 0.304. The van der Waals surface area contributed by atoms with Crippen molar-refractivity contribution >= 4 is 22.4 Å². The Balaban J connectivity index is 1.47. The van der Waals surface area contributed by atoms with Gasteiger partial charge in [-0.2, -0.15) is 0 Å². The number of hydrogen-bond acceptors (Lipinski definition) is 2. The highest BCUT2D eigenvalue weighted by Gasteiger charge is 2.25. The average molecular weight is 362 g/mol. The second-order valence-electron chi connectivity index (χ2n) is 7.34. The molecule has 0 saturated heterocycles. The molecule has 0 bridgehead atoms. The van der Waals surface area contributed by atoms with Gasteiger partial charge in [0, 0.05) is 41.7 Å². The summed E-state index contributed by atoms with van der Waals surface area (Å²) < 4.78 is 13.2. The summed E-state index contributed by atoms with van der Waals surface area (Å²) >= 11 is 0. The number of aliphatic imine (C=N–C) groups is 1. The Morgan fingerprint density at radius 2 is 1.89 bits per heavy atom. The fourth-order valence-corrected chi connectivity index (χ4v) is 4.08. The summed E-state index contributed by atoms with van der Waals surface area (Å²) in [7, 11) is 0. The van der Waals surface area contributed by atoms with Crippen LogP contribution in [0.5, 0.6) is 0 Å². The number of carbonyl (C=O) groups is 1. The zero-order chi connectivity index (χ0) is 18.8. The van der Waals surface area contributed by atoms with E-state index >= 15 is 0 Å². The topological polar surface area (TPSA) is 45.2 Å². The average Bonchev–Trinajstić information content (AvgIpc) is 2.97. The number of para-hydroxylation sites is 1. The van der Waals surface area contributed by atoms with Crippen LogP contribution in [0.4, 0.5) is 4.39 Å². The molecule has 0 aliphatic heterocycles. The highest BCUT2D eigenvalue weighted by atomic mass is 19.1. The van der Waals surface area contributed by atoms with Gasteiger partial charge in [-0.15, -0.1) is 0 Å². The molecule has 4 rings (SSSR count). The third kappa shape index (κ3) is 3.85. The van der Waals surface area contributed by atoms with E-state index < -0.39 is 0 Å². The van der Waals surface area contributed by atoms with Gasteiger partial charge in [-0.05, 0) is 55.0 Å². The highest BCUT2D eigenvalue weighted by Crippen LogP contribution is 2.30. The number of hydrogen-bond donors (Lipinski definition) is 1. The Bertz CT molecular complexity index is 1000. The summed E-state index contributed by atoms with van der Waals surface area (Å²) in [6.45, 7) is 2.78. The van der Waals surface area contributed by atoms with Gasteiger partial charge in [-0.25, -0.2) is 4.39 Å². The zero-order valence-corrected chi connectivity index (χ0v) is 15.5. The lowest BCUT2D eigenvalue weighted by Gasteiger charge is -2.23. The van der Waals surface area contributed by atoms with E-state index in [1.54, 1.807) is 12.1 Å². The summed E-state index contributed by atoms with van der Waals surface area (Å²) in [5.74, 6) is 0.0851. The monoisotopic (exact) mass is 362 g/mol. The lowest BCUT2D eigenvalue weighted by atomic mass is 9.82. The van der Waals surface area contributed by atoms with Gasteiger partial charge in [-0.3, -0.25) is 9.79 Å². The minimum atomic E-state index is -0.246. The molecule has 4 heteroatoms. The lowest BCUT2D eigenvalue weighted by molar-refractivity contribution is -0.118. The molecule has 1 aromatic heterocycles. The first kappa shape index (κ1) is 17.7. The van der Waals surface area contributed by atoms with Gasteiger partial charge in [0.15, 0.2) is 0 Å². The molecular formula is C23H23FN2O. The molecule has 0 spiro atoms. The van der Waals surface area contributed by atoms with Crippen molar-refractivity contribution in [2.45, 2.75) is 38.5 Å². The van der Waals surface area contributed by atoms with Crippen LogP contribution in [0.3, 0.4) is 0 Å². The van der Waals surface area contributed by atoms with E-state index in [1.165, 1.54) is 28.8 Å². The molecule has 1 fully saturated rings. The molecule has 0 radical (unpaired) electrons. The van der Waals surface area contributed by atoms with Crippen molar-refractivity contribution in [3.8, 4) is 0 Å². The SMILES string of the molecule is Cc1[nH]c2ccccc2c1CCN=C1CC(=O)C[C@@H](c2ccc(F)cc2)C1. The van der Waals surface area contributed by atoms with Crippen LogP contribution >= 0.6 is 0 Å². The first-order chi connectivity index (χ1) is 13.1. The van der Waals surface area contributed by atoms with E-state index in [-0.39, 0.29) is 17.5 Å². The van der Waals surface area contributed by atoms with E-state index in [0.717, 1.165) is 29.6 Å². The Kier molecular flexibility index (Phi) is 4.88. The van der Waals surface area contributed by atoms with Crippen LogP contribution in [0, 0.1) is 12.7 Å². The number of carbonyl (C=O) groups excluding carboxylic acids is 1. The second-order valence-corrected chi connectivity index (χ2v) is 7.34. The largest absolute Gasteiger partial charge is 0.358 e. The molecule has 1 saturated carbocycles. The number of nitrogens with zero attached hydrogens (tertiary/aromatic N) is 1. The van der Waals surface area contributed by atoms with Gasteiger partial charge in [-0.1, -0.05) is 30.3 Å². The molecule has 1 N–H and O–H groups in total. The number of benzene rings is 2. The minimum absolute atomic E-state index is 0.112. The van der Waals surface area contributed by atoms with Crippen molar-refractivity contribution in [3.63, 3.8) is 0 Å². The Hall–Kier alpha value is -2.75. The Morgan fingerprint density at radius 1 is 1.11 bits per heavy atom. The molecule has 1 heterocycles. The number of aromatic amines is 1. The summed E-state index contributed by atoms with van der Waals surface area (Å²) in [5.41, 5.74) is 5.62. The van der Waals surface area contributed by atoms with Crippen molar-refractivity contribution in [1.29, 1.82) is 0 Å². The molecule has 2 aromatic carbocycles. The number of Topliss-reactive ketones (excluding diaryl/α,β-unsaturated/α-hetero) is 1. The maximum atomic E-state index is 13.2. The number of aromatic nitrogens is 1. The molecule has 1 aliphatic carbocycles. The van der Waals surface area contributed by atoms with Crippen LogP contribution in [-0.2, 0) is 11.2 Å². The third-order valence-corrected chi connectivity index (χ3v) is 5.42. The lowest BCUT2D eigenvalue weighted by Crippen LogP contribution is -2.22. The molecular weight excluding hydrogens is 339 g/mol. The highest BCUT2D eigenvalue weighted by molar-refractivity contribution is 6.05. The number of fused-ring (bicyclic) bond motifs is 1. The maximum Gasteiger partial charge on any atom is 0.139 e. The number of aryl methyl sites for hydroxylation is 1. The molecule has 3 nitrogen and oxygen atoms in total. The normalized spacial score (nSPS) is 19.1. The second kappa shape index (κ2) is 7.47. The molecule has 138 valence electrons. The van der Waals surface area contributed by atoms with Crippen LogP contribution in [0.2, 0.25) is 0 Å². The van der Waals surface area contributed by atoms with Crippen molar-refractivity contribution < 1.29 is 9.18 Å². The standard InChI is InChI=1S/C23H23FN2O/c1-15-21(22-4-2-3-5-23(22)26-15)10-11-25-19-12-17(13-20(27)14-19)16-6-8-18(24)9-7-16/h2-9,17,26H,10-14H2,1H3/t17-/m0/s1. The first-order valence-corrected chi connectivity index (χ1v) is 9.45. The maximum absolute atomic E-state index is 13.2. The van der Waals surface area contributed by atoms with Crippen LogP contribution in [0.15, 0.2) is 53.5 Å². The summed E-state index contributed by atoms with van der Waals surface area (Å²) in [6.07, 6.45) is 2.61. The number of ketones is 1. The molecule has 1 aliphatic rings. The number of halogens is 1. The van der Waals surface area contributed by atoms with E-state index in [1.807, 2.05) is 6.07 Å². The van der Waals surface area contributed by atoms with E-state index in [9.17, 15) is 9.18 Å². The predicted octanol–water partition coefficient (Wildman–Crippen LogP) is 5.14. The van der Waals surface area contributed by atoms with E-state index in [4.69, 9.17) is 4.99 Å². The molecule has 0 amide bonds. The fourth-order valence-electron chi connectivity index (χ4n) is 4.08. The number of rotatable bonds is 4. The van der Waals surface area contributed by atoms with Crippen molar-refractivity contribution in [1.82, 2.24) is 4.98 Å². The number of H-pyrrole nitrogens is 1. The summed E-state index contributed by atoms with van der Waals surface area (Å²) in [5, 5.41) is 1.25. The van der Waals surface area contributed by atoms with Crippen molar-refractivity contribution in [2.75, 3.05) is 6.54 Å². The number of nitrogens with one attached hydrogen (secondary N) is 1. The van der Waals surface area contributed by atoms with Gasteiger partial charge >= 0.3 is 0 Å². The summed E-state index contributed by atoms with van der Waals surface area (Å²) in [6, 6.07) is 14.8. The van der Waals surface area contributed by atoms with Gasteiger partial charge in [0.25, 0.3) is 0 Å². The van der Waals surface area contributed by atoms with E-state index in [0.29, 0.717) is 19.4 Å². The third-order valence-electron chi connectivity index (χ3n) is 5.42. The van der Waals surface area contributed by atoms with Crippen LogP contribution < -0.4 is 0 Å². The van der Waals surface area contributed by atoms with Crippen molar-refractivity contribution in [2.24, 2.45) is 4.99 Å². The van der Waals surface area contributed by atoms with Crippen LogP contribution in [-0.4, -0.2) is 23.0 Å². The Labute approximate surface area is 158 Å². The smallest absolute Gasteiger partial charge is 0.139 e. The van der Waals surface area contributed by atoms with Crippen molar-refractivity contribution in [3.05, 3.63) is 71.2 Å². The van der Waals surface area contributed by atoms with Gasteiger partial charge in [0.05, 0.1) is 0 Å². The Morgan fingerprint density at radius 3 is 2.70 bits per heavy atom. The molecule has 0 unspecified atom stereocenters. The predicted molar refractivity (Wildman–Crippen MR) is 107 cm³/mol. The van der Waals surface area contributed by atoms with E-state index in [2.05, 4.69) is 30.1 Å². The zero-order valence-electron chi connectivity index (χ0n) is 15.5. The molecule has 1 atom stereocenters. The molecule has 27 heavy (non-hydrogen) atoms. The van der Waals surface area contributed by atoms with Crippen LogP contribution in [0.25, 0.3) is 10.9 Å². The minimum Gasteiger partial charge on any atom is -0.358 e. The first-order valence-electron chi connectivity index (χ1n) is 9.45.